The van der Waals surface area contributed by atoms with Crippen molar-refractivity contribution in [2.24, 2.45) is 0 Å². The maximum absolute atomic E-state index is 5.74. The van der Waals surface area contributed by atoms with Crippen LogP contribution in [-0.4, -0.2) is 0 Å². The maximum atomic E-state index is 5.74. The Bertz CT molecular complexity index is 268. The zero-order valence-electron chi connectivity index (χ0n) is 6.30. The van der Waals surface area contributed by atoms with E-state index in [9.17, 15) is 0 Å². The van der Waals surface area contributed by atoms with Crippen molar-refractivity contribution in [1.29, 1.82) is 0 Å². The molecule has 0 N–H and O–H groups in total. The van der Waals surface area contributed by atoms with Crippen molar-refractivity contribution in [2.75, 3.05) is 0 Å². The van der Waals surface area contributed by atoms with Crippen LogP contribution in [0.25, 0.3) is 0 Å². The highest BCUT2D eigenvalue weighted by molar-refractivity contribution is 6.30. The molecular weight excluding hydrogens is 160 g/mol. The van der Waals surface area contributed by atoms with Gasteiger partial charge in [0.1, 0.15) is 5.75 Å². The molecule has 0 aromatic heterocycles. The third-order valence-corrected chi connectivity index (χ3v) is 1.58. The molecule has 0 saturated carbocycles. The van der Waals surface area contributed by atoms with Crippen molar-refractivity contribution in [3.8, 4) is 5.75 Å². The maximum Gasteiger partial charge on any atom is 0.129 e. The van der Waals surface area contributed by atoms with E-state index in [0.29, 0.717) is 0 Å². The third kappa shape index (κ3) is 1.99. The molecule has 0 fully saturated rings. The molecule has 0 aliphatic rings. The van der Waals surface area contributed by atoms with Gasteiger partial charge in [0.25, 0.3) is 0 Å². The molecule has 0 radical (unpaired) electrons. The Labute approximate surface area is 71.3 Å². The van der Waals surface area contributed by atoms with E-state index < -0.39 is 0 Å². The van der Waals surface area contributed by atoms with Crippen molar-refractivity contribution in [1.82, 2.24) is 0 Å². The second-order valence-electron chi connectivity index (χ2n) is 2.19. The minimum atomic E-state index is 0.721. The molecule has 0 aliphatic heterocycles. The van der Waals surface area contributed by atoms with Crippen LogP contribution < -0.4 is 4.74 Å². The van der Waals surface area contributed by atoms with Gasteiger partial charge in [-0.3, -0.25) is 0 Å². The number of hydrogen-bond donors (Lipinski definition) is 0. The summed E-state index contributed by atoms with van der Waals surface area (Å²) in [5.41, 5.74) is 1.01. The second kappa shape index (κ2) is 3.44. The molecule has 1 rings (SSSR count). The predicted molar refractivity (Wildman–Crippen MR) is 47.0 cm³/mol. The first kappa shape index (κ1) is 8.15. The monoisotopic (exact) mass is 168 g/mol. The van der Waals surface area contributed by atoms with E-state index in [1.807, 2.05) is 19.1 Å². The Kier molecular flexibility index (Phi) is 2.55. The van der Waals surface area contributed by atoms with Gasteiger partial charge >= 0.3 is 0 Å². The summed E-state index contributed by atoms with van der Waals surface area (Å²) in [6, 6.07) is 5.45. The number of hydrogen-bond acceptors (Lipinski definition) is 1. The van der Waals surface area contributed by atoms with Gasteiger partial charge in [-0.15, -0.1) is 0 Å². The van der Waals surface area contributed by atoms with Gasteiger partial charge in [0.05, 0.1) is 6.26 Å². The summed E-state index contributed by atoms with van der Waals surface area (Å²) in [5, 5.41) is 0.721. The summed E-state index contributed by atoms with van der Waals surface area (Å²) in [7, 11) is 0. The number of rotatable bonds is 2. The third-order valence-electron chi connectivity index (χ3n) is 1.35. The molecule has 0 spiro atoms. The number of aryl methyl sites for hydroxylation is 1. The first-order valence-corrected chi connectivity index (χ1v) is 3.65. The second-order valence-corrected chi connectivity index (χ2v) is 2.63. The molecular formula is C9H9ClO. The zero-order chi connectivity index (χ0) is 8.27. The average Bonchev–Trinajstić information content (AvgIpc) is 1.95. The van der Waals surface area contributed by atoms with E-state index in [4.69, 9.17) is 16.3 Å². The molecule has 1 aromatic carbocycles. The number of benzene rings is 1. The fourth-order valence-corrected chi connectivity index (χ4v) is 1.06. The fraction of sp³-hybridized carbons (Fsp3) is 0.111. The topological polar surface area (TPSA) is 9.23 Å². The zero-order valence-corrected chi connectivity index (χ0v) is 7.06. The van der Waals surface area contributed by atoms with Crippen LogP contribution in [0.4, 0.5) is 0 Å². The van der Waals surface area contributed by atoms with Crippen LogP contribution in [0.15, 0.2) is 31.0 Å². The Hall–Kier alpha value is -0.950. The molecule has 11 heavy (non-hydrogen) atoms. The van der Waals surface area contributed by atoms with Crippen LogP contribution >= 0.6 is 11.6 Å². The van der Waals surface area contributed by atoms with Crippen molar-refractivity contribution in [2.45, 2.75) is 6.92 Å². The van der Waals surface area contributed by atoms with Gasteiger partial charge in [0, 0.05) is 5.02 Å². The van der Waals surface area contributed by atoms with Crippen molar-refractivity contribution in [3.05, 3.63) is 41.6 Å². The lowest BCUT2D eigenvalue weighted by molar-refractivity contribution is 0.479. The van der Waals surface area contributed by atoms with Crippen molar-refractivity contribution >= 4 is 11.6 Å². The summed E-state index contributed by atoms with van der Waals surface area (Å²) >= 11 is 5.74. The number of ether oxygens (including phenoxy) is 1. The first-order chi connectivity index (χ1) is 5.24. The van der Waals surface area contributed by atoms with Gasteiger partial charge in [0.15, 0.2) is 0 Å². The van der Waals surface area contributed by atoms with Gasteiger partial charge in [0.2, 0.25) is 0 Å². The molecule has 0 heterocycles. The average molecular weight is 169 g/mol. The molecule has 2 heteroatoms. The number of halogens is 1. The quantitative estimate of drug-likeness (QED) is 0.617. The summed E-state index contributed by atoms with van der Waals surface area (Å²) in [5.74, 6) is 0.796. The molecule has 0 amide bonds. The van der Waals surface area contributed by atoms with Crippen LogP contribution in [-0.2, 0) is 0 Å². The molecule has 0 bridgehead atoms. The van der Waals surface area contributed by atoms with E-state index >= 15 is 0 Å². The van der Waals surface area contributed by atoms with Crippen LogP contribution in [0.5, 0.6) is 5.75 Å². The predicted octanol–water partition coefficient (Wildman–Crippen LogP) is 3.17. The molecule has 1 nitrogen and oxygen atoms in total. The molecule has 0 aliphatic carbocycles. The van der Waals surface area contributed by atoms with E-state index in [1.165, 1.54) is 6.26 Å². The largest absolute Gasteiger partial charge is 0.465 e. The van der Waals surface area contributed by atoms with Crippen LogP contribution in [0.1, 0.15) is 5.56 Å². The highest BCUT2D eigenvalue weighted by Gasteiger charge is 1.96. The summed E-state index contributed by atoms with van der Waals surface area (Å²) in [4.78, 5) is 0. The molecule has 0 unspecified atom stereocenters. The minimum absolute atomic E-state index is 0.721. The summed E-state index contributed by atoms with van der Waals surface area (Å²) in [6.45, 7) is 5.40. The Balaban J connectivity index is 2.98. The standard InChI is InChI=1S/C9H9ClO/c1-3-11-9-5-4-8(10)6-7(9)2/h3-6H,1H2,2H3. The lowest BCUT2D eigenvalue weighted by Crippen LogP contribution is -1.84. The van der Waals surface area contributed by atoms with E-state index in [2.05, 4.69) is 6.58 Å². The molecule has 0 saturated heterocycles. The Morgan fingerprint density at radius 1 is 1.55 bits per heavy atom. The van der Waals surface area contributed by atoms with E-state index in [1.54, 1.807) is 6.07 Å². The highest BCUT2D eigenvalue weighted by atomic mass is 35.5. The van der Waals surface area contributed by atoms with Gasteiger partial charge < -0.3 is 4.74 Å². The van der Waals surface area contributed by atoms with E-state index in [0.717, 1.165) is 16.3 Å². The normalized spacial score (nSPS) is 9.27. The summed E-state index contributed by atoms with van der Waals surface area (Å²) < 4.78 is 5.10. The van der Waals surface area contributed by atoms with Crippen molar-refractivity contribution in [3.63, 3.8) is 0 Å². The van der Waals surface area contributed by atoms with Crippen LogP contribution in [0.2, 0.25) is 5.02 Å². The molecule has 1 aromatic rings. The van der Waals surface area contributed by atoms with Gasteiger partial charge in [-0.25, -0.2) is 0 Å². The van der Waals surface area contributed by atoms with E-state index in [-0.39, 0.29) is 0 Å². The Morgan fingerprint density at radius 2 is 2.27 bits per heavy atom. The summed E-state index contributed by atoms with van der Waals surface area (Å²) in [6.07, 6.45) is 1.40. The van der Waals surface area contributed by atoms with Crippen molar-refractivity contribution < 1.29 is 4.74 Å². The van der Waals surface area contributed by atoms with Crippen LogP contribution in [0.3, 0.4) is 0 Å². The van der Waals surface area contributed by atoms with Crippen LogP contribution in [0, 0.1) is 6.92 Å². The van der Waals surface area contributed by atoms with Gasteiger partial charge in [-0.05, 0) is 30.7 Å². The molecule has 0 atom stereocenters. The van der Waals surface area contributed by atoms with Gasteiger partial charge in [-0.1, -0.05) is 18.2 Å². The lowest BCUT2D eigenvalue weighted by atomic mass is 10.2. The lowest BCUT2D eigenvalue weighted by Gasteiger charge is -2.03. The smallest absolute Gasteiger partial charge is 0.129 e. The first-order valence-electron chi connectivity index (χ1n) is 3.28. The Morgan fingerprint density at radius 3 is 2.82 bits per heavy atom. The SMILES string of the molecule is C=COc1ccc(Cl)cc1C. The fourth-order valence-electron chi connectivity index (χ4n) is 0.835. The highest BCUT2D eigenvalue weighted by Crippen LogP contribution is 2.21. The molecule has 58 valence electrons. The minimum Gasteiger partial charge on any atom is -0.465 e. The van der Waals surface area contributed by atoms with Gasteiger partial charge in [-0.2, -0.15) is 0 Å².